The Morgan fingerprint density at radius 2 is 1.46 bits per heavy atom. The fourth-order valence-electron chi connectivity index (χ4n) is 3.01. The second-order valence-electron chi connectivity index (χ2n) is 6.37. The number of carbonyl (C=O) groups is 1. The minimum absolute atomic E-state index is 0.109. The normalized spacial score (nSPS) is 10.6. The summed E-state index contributed by atoms with van der Waals surface area (Å²) in [5, 5.41) is 26.2. The zero-order valence-corrected chi connectivity index (χ0v) is 15.2. The van der Waals surface area contributed by atoms with Gasteiger partial charge in [0, 0.05) is 34.6 Å². The zero-order chi connectivity index (χ0) is 19.5. The minimum atomic E-state index is -0.109. The Bertz CT molecular complexity index is 1140. The Labute approximate surface area is 161 Å². The average molecular weight is 370 g/mol. The number of phenols is 1. The molecule has 6 heteroatoms. The van der Waals surface area contributed by atoms with Gasteiger partial charge in [-0.2, -0.15) is 0 Å². The lowest BCUT2D eigenvalue weighted by molar-refractivity contribution is -0.114. The van der Waals surface area contributed by atoms with E-state index in [1.807, 2.05) is 60.7 Å². The van der Waals surface area contributed by atoms with E-state index in [-0.39, 0.29) is 11.7 Å². The van der Waals surface area contributed by atoms with Crippen molar-refractivity contribution in [3.8, 4) is 17.0 Å². The molecule has 0 aliphatic rings. The molecule has 0 aliphatic heterocycles. The van der Waals surface area contributed by atoms with E-state index >= 15 is 0 Å². The summed E-state index contributed by atoms with van der Waals surface area (Å²) in [4.78, 5) is 11.1. The zero-order valence-electron chi connectivity index (χ0n) is 15.2. The maximum atomic E-state index is 11.1. The first-order valence-corrected chi connectivity index (χ1v) is 8.80. The van der Waals surface area contributed by atoms with Crippen LogP contribution < -0.4 is 10.6 Å². The lowest BCUT2D eigenvalue weighted by Crippen LogP contribution is -2.05. The lowest BCUT2D eigenvalue weighted by Gasteiger charge is -2.12. The summed E-state index contributed by atoms with van der Waals surface area (Å²) in [6.07, 6.45) is 0. The summed E-state index contributed by atoms with van der Waals surface area (Å²) in [7, 11) is 0. The van der Waals surface area contributed by atoms with E-state index < -0.39 is 0 Å². The number of phenolic OH excluding ortho intramolecular Hbond substituents is 1. The van der Waals surface area contributed by atoms with E-state index in [9.17, 15) is 9.90 Å². The average Bonchev–Trinajstić information content (AvgIpc) is 2.70. The summed E-state index contributed by atoms with van der Waals surface area (Å²) in [6, 6.07) is 22.2. The SMILES string of the molecule is CC(=O)Nc1ccc(Nc2nnc(-c3ccc(O)cc3)c3ccccc23)cc1. The Kier molecular flexibility index (Phi) is 4.60. The molecule has 0 atom stereocenters. The molecule has 3 aromatic carbocycles. The van der Waals surface area contributed by atoms with Gasteiger partial charge in [-0.3, -0.25) is 4.79 Å². The number of aromatic nitrogens is 2. The third kappa shape index (κ3) is 3.61. The van der Waals surface area contributed by atoms with Crippen LogP contribution in [0, 0.1) is 0 Å². The van der Waals surface area contributed by atoms with Gasteiger partial charge in [-0.1, -0.05) is 24.3 Å². The van der Waals surface area contributed by atoms with Gasteiger partial charge in [0.2, 0.25) is 5.91 Å². The van der Waals surface area contributed by atoms with Crippen molar-refractivity contribution in [1.29, 1.82) is 0 Å². The Hall–Kier alpha value is -3.93. The molecular weight excluding hydrogens is 352 g/mol. The number of carbonyl (C=O) groups excluding carboxylic acids is 1. The first kappa shape index (κ1) is 17.5. The molecule has 0 bridgehead atoms. The topological polar surface area (TPSA) is 87.1 Å². The van der Waals surface area contributed by atoms with Gasteiger partial charge in [0.25, 0.3) is 0 Å². The summed E-state index contributed by atoms with van der Waals surface area (Å²) in [6.45, 7) is 1.48. The largest absolute Gasteiger partial charge is 0.508 e. The van der Waals surface area contributed by atoms with Gasteiger partial charge >= 0.3 is 0 Å². The van der Waals surface area contributed by atoms with Crippen LogP contribution in [0.15, 0.2) is 72.8 Å². The number of nitrogens with zero attached hydrogens (tertiary/aromatic N) is 2. The van der Waals surface area contributed by atoms with Crippen LogP contribution in [0.25, 0.3) is 22.0 Å². The lowest BCUT2D eigenvalue weighted by atomic mass is 10.0. The molecule has 0 spiro atoms. The van der Waals surface area contributed by atoms with E-state index in [1.54, 1.807) is 12.1 Å². The van der Waals surface area contributed by atoms with Gasteiger partial charge in [0.05, 0.1) is 0 Å². The van der Waals surface area contributed by atoms with Gasteiger partial charge in [-0.05, 0) is 48.5 Å². The van der Waals surface area contributed by atoms with E-state index in [1.165, 1.54) is 6.92 Å². The van der Waals surface area contributed by atoms with Crippen molar-refractivity contribution < 1.29 is 9.90 Å². The highest BCUT2D eigenvalue weighted by Gasteiger charge is 2.11. The molecule has 1 heterocycles. The molecule has 0 saturated heterocycles. The van der Waals surface area contributed by atoms with E-state index in [0.29, 0.717) is 5.82 Å². The molecule has 1 aromatic heterocycles. The molecule has 1 amide bonds. The maximum Gasteiger partial charge on any atom is 0.221 e. The van der Waals surface area contributed by atoms with Crippen LogP contribution in [-0.2, 0) is 4.79 Å². The molecular formula is C22H18N4O2. The molecule has 0 unspecified atom stereocenters. The van der Waals surface area contributed by atoms with E-state index in [4.69, 9.17) is 0 Å². The summed E-state index contributed by atoms with van der Waals surface area (Å²) in [5.41, 5.74) is 3.21. The van der Waals surface area contributed by atoms with Crippen molar-refractivity contribution in [2.24, 2.45) is 0 Å². The standard InChI is InChI=1S/C22H18N4O2/c1-14(27)23-16-8-10-17(11-9-16)24-22-20-5-3-2-4-19(20)21(25-26-22)15-6-12-18(28)13-7-15/h2-13,28H,1H3,(H,23,27)(H,24,26). The van der Waals surface area contributed by atoms with Crippen LogP contribution in [-0.4, -0.2) is 21.2 Å². The Morgan fingerprint density at radius 1 is 0.821 bits per heavy atom. The molecule has 6 nitrogen and oxygen atoms in total. The van der Waals surface area contributed by atoms with Crippen LogP contribution in [0.3, 0.4) is 0 Å². The number of benzene rings is 3. The monoisotopic (exact) mass is 370 g/mol. The van der Waals surface area contributed by atoms with Gasteiger partial charge in [-0.15, -0.1) is 10.2 Å². The van der Waals surface area contributed by atoms with Crippen LogP contribution in [0.4, 0.5) is 17.2 Å². The molecule has 0 aliphatic carbocycles. The highest BCUT2D eigenvalue weighted by molar-refractivity contribution is 6.00. The van der Waals surface area contributed by atoms with E-state index in [0.717, 1.165) is 33.4 Å². The summed E-state index contributed by atoms with van der Waals surface area (Å²) < 4.78 is 0. The number of hydrogen-bond acceptors (Lipinski definition) is 5. The van der Waals surface area contributed by atoms with Crippen molar-refractivity contribution in [1.82, 2.24) is 10.2 Å². The van der Waals surface area contributed by atoms with Gasteiger partial charge < -0.3 is 15.7 Å². The van der Waals surface area contributed by atoms with Gasteiger partial charge in [-0.25, -0.2) is 0 Å². The number of amides is 1. The molecule has 4 rings (SSSR count). The van der Waals surface area contributed by atoms with Gasteiger partial charge in [0.15, 0.2) is 5.82 Å². The quantitative estimate of drug-likeness (QED) is 0.484. The molecule has 0 saturated carbocycles. The number of hydrogen-bond donors (Lipinski definition) is 3. The van der Waals surface area contributed by atoms with Crippen LogP contribution >= 0.6 is 0 Å². The number of nitrogens with one attached hydrogen (secondary N) is 2. The highest BCUT2D eigenvalue weighted by Crippen LogP contribution is 2.31. The predicted molar refractivity (Wildman–Crippen MR) is 111 cm³/mol. The predicted octanol–water partition coefficient (Wildman–Crippen LogP) is 4.70. The number of fused-ring (bicyclic) bond motifs is 1. The van der Waals surface area contributed by atoms with Crippen LogP contribution in [0.5, 0.6) is 5.75 Å². The second-order valence-corrected chi connectivity index (χ2v) is 6.37. The van der Waals surface area contributed by atoms with Crippen molar-refractivity contribution >= 4 is 33.9 Å². The third-order valence-electron chi connectivity index (χ3n) is 4.30. The molecule has 0 fully saturated rings. The fourth-order valence-corrected chi connectivity index (χ4v) is 3.01. The third-order valence-corrected chi connectivity index (χ3v) is 4.30. The second kappa shape index (κ2) is 7.36. The smallest absolute Gasteiger partial charge is 0.221 e. The first-order valence-electron chi connectivity index (χ1n) is 8.80. The molecule has 28 heavy (non-hydrogen) atoms. The Morgan fingerprint density at radius 3 is 2.14 bits per heavy atom. The summed E-state index contributed by atoms with van der Waals surface area (Å²) >= 11 is 0. The molecule has 138 valence electrons. The molecule has 3 N–H and O–H groups in total. The minimum Gasteiger partial charge on any atom is -0.508 e. The maximum absolute atomic E-state index is 11.1. The first-order chi connectivity index (χ1) is 13.6. The summed E-state index contributed by atoms with van der Waals surface area (Å²) in [5.74, 6) is 0.745. The number of anilines is 3. The number of rotatable bonds is 4. The van der Waals surface area contributed by atoms with Crippen LogP contribution in [0.1, 0.15) is 6.92 Å². The van der Waals surface area contributed by atoms with Crippen molar-refractivity contribution in [2.75, 3.05) is 10.6 Å². The van der Waals surface area contributed by atoms with E-state index in [2.05, 4.69) is 20.8 Å². The number of aromatic hydroxyl groups is 1. The fraction of sp³-hybridized carbons (Fsp3) is 0.0455. The van der Waals surface area contributed by atoms with Gasteiger partial charge in [0.1, 0.15) is 11.4 Å². The Balaban J connectivity index is 1.70. The van der Waals surface area contributed by atoms with Crippen molar-refractivity contribution in [2.45, 2.75) is 6.92 Å². The molecule has 0 radical (unpaired) electrons. The van der Waals surface area contributed by atoms with Crippen LogP contribution in [0.2, 0.25) is 0 Å². The van der Waals surface area contributed by atoms with Crippen molar-refractivity contribution in [3.63, 3.8) is 0 Å². The molecule has 4 aromatic rings. The van der Waals surface area contributed by atoms with Crippen molar-refractivity contribution in [3.05, 3.63) is 72.8 Å². The highest BCUT2D eigenvalue weighted by atomic mass is 16.3.